The number of phenolic OH excluding ortho intramolecular Hbond substituents is 1. The molecule has 0 unspecified atom stereocenters. The van der Waals surface area contributed by atoms with Crippen molar-refractivity contribution in [2.45, 2.75) is 12.1 Å². The highest BCUT2D eigenvalue weighted by atomic mass is 32.2. The molecule has 5 rings (SSSR count). The Morgan fingerprint density at radius 1 is 1.00 bits per heavy atom. The predicted molar refractivity (Wildman–Crippen MR) is 150 cm³/mol. The number of ether oxygens (including phenoxy) is 1. The predicted octanol–water partition coefficient (Wildman–Crippen LogP) is 5.43. The van der Waals surface area contributed by atoms with Gasteiger partial charge in [0.05, 0.1) is 18.6 Å². The van der Waals surface area contributed by atoms with E-state index in [-0.39, 0.29) is 17.4 Å². The zero-order valence-corrected chi connectivity index (χ0v) is 21.4. The molecule has 0 aliphatic heterocycles. The number of carbonyl (C=O) groups excluding carboxylic acids is 1. The van der Waals surface area contributed by atoms with Crippen molar-refractivity contribution in [2.75, 3.05) is 12.4 Å². The third-order valence-electron chi connectivity index (χ3n) is 5.73. The number of aromatic hydroxyl groups is 1. The van der Waals surface area contributed by atoms with E-state index in [1.54, 1.807) is 6.07 Å². The van der Waals surface area contributed by atoms with E-state index < -0.39 is 0 Å². The molecule has 0 saturated carbocycles. The van der Waals surface area contributed by atoms with Crippen molar-refractivity contribution >= 4 is 34.7 Å². The van der Waals surface area contributed by atoms with Crippen molar-refractivity contribution in [3.05, 3.63) is 96.6 Å². The SMILES string of the molecule is CCOc1ccc(-n2c(SCC(=O)N/N=C/c3c(O)ccc4ccccc34)nnc2-c2ccccc2)cc1. The number of nitrogens with one attached hydrogen (secondary N) is 1. The maximum absolute atomic E-state index is 12.6. The first-order valence-corrected chi connectivity index (χ1v) is 13.0. The van der Waals surface area contributed by atoms with E-state index in [1.165, 1.54) is 18.0 Å². The Balaban J connectivity index is 1.33. The summed E-state index contributed by atoms with van der Waals surface area (Å²) >= 11 is 1.25. The van der Waals surface area contributed by atoms with E-state index >= 15 is 0 Å². The van der Waals surface area contributed by atoms with Gasteiger partial charge in [0, 0.05) is 16.8 Å². The van der Waals surface area contributed by atoms with Gasteiger partial charge in [0.2, 0.25) is 0 Å². The molecule has 190 valence electrons. The van der Waals surface area contributed by atoms with E-state index in [9.17, 15) is 9.90 Å². The van der Waals surface area contributed by atoms with Crippen molar-refractivity contribution < 1.29 is 14.6 Å². The number of hydrogen-bond donors (Lipinski definition) is 2. The largest absolute Gasteiger partial charge is 0.507 e. The van der Waals surface area contributed by atoms with Crippen LogP contribution in [0, 0.1) is 0 Å². The van der Waals surface area contributed by atoms with E-state index in [0.29, 0.717) is 23.2 Å². The molecular weight excluding hydrogens is 498 g/mol. The minimum absolute atomic E-state index is 0.0722. The Bertz CT molecular complexity index is 1580. The van der Waals surface area contributed by atoms with Gasteiger partial charge in [0.25, 0.3) is 5.91 Å². The summed E-state index contributed by atoms with van der Waals surface area (Å²) in [7, 11) is 0. The van der Waals surface area contributed by atoms with Crippen molar-refractivity contribution in [1.29, 1.82) is 0 Å². The Morgan fingerprint density at radius 2 is 1.76 bits per heavy atom. The first kappa shape index (κ1) is 25.0. The van der Waals surface area contributed by atoms with Crippen LogP contribution < -0.4 is 10.2 Å². The van der Waals surface area contributed by atoms with Gasteiger partial charge in [0.1, 0.15) is 11.5 Å². The first-order valence-electron chi connectivity index (χ1n) is 12.0. The average Bonchev–Trinajstić information content (AvgIpc) is 3.38. The van der Waals surface area contributed by atoms with Crippen LogP contribution in [0.25, 0.3) is 27.8 Å². The molecule has 0 radical (unpaired) electrons. The molecule has 0 aliphatic carbocycles. The molecule has 1 amide bonds. The van der Waals surface area contributed by atoms with E-state index in [2.05, 4.69) is 20.7 Å². The number of carbonyl (C=O) groups is 1. The lowest BCUT2D eigenvalue weighted by molar-refractivity contribution is -0.118. The zero-order valence-electron chi connectivity index (χ0n) is 20.6. The van der Waals surface area contributed by atoms with Gasteiger partial charge in [-0.2, -0.15) is 5.10 Å². The lowest BCUT2D eigenvalue weighted by Gasteiger charge is -2.11. The number of hydrogen-bond acceptors (Lipinski definition) is 7. The summed E-state index contributed by atoms with van der Waals surface area (Å²) in [5, 5.41) is 25.5. The highest BCUT2D eigenvalue weighted by Gasteiger charge is 2.17. The summed E-state index contributed by atoms with van der Waals surface area (Å²) in [6.07, 6.45) is 1.45. The Hall–Kier alpha value is -4.63. The second-order valence-electron chi connectivity index (χ2n) is 8.24. The first-order chi connectivity index (χ1) is 18.6. The number of rotatable bonds is 9. The van der Waals surface area contributed by atoms with Gasteiger partial charge in [-0.15, -0.1) is 10.2 Å². The normalized spacial score (nSPS) is 11.2. The van der Waals surface area contributed by atoms with E-state index in [0.717, 1.165) is 27.8 Å². The number of fused-ring (bicyclic) bond motifs is 1. The number of nitrogens with zero attached hydrogens (tertiary/aromatic N) is 4. The zero-order chi connectivity index (χ0) is 26.3. The van der Waals surface area contributed by atoms with Gasteiger partial charge in [0.15, 0.2) is 11.0 Å². The summed E-state index contributed by atoms with van der Waals surface area (Å²) in [4.78, 5) is 12.6. The van der Waals surface area contributed by atoms with Crippen LogP contribution in [-0.2, 0) is 4.79 Å². The van der Waals surface area contributed by atoms with E-state index in [1.807, 2.05) is 96.4 Å². The minimum atomic E-state index is -0.312. The summed E-state index contributed by atoms with van der Waals surface area (Å²) in [6, 6.07) is 28.5. The quantitative estimate of drug-likeness (QED) is 0.152. The molecule has 1 aromatic heterocycles. The van der Waals surface area contributed by atoms with Crippen molar-refractivity contribution in [2.24, 2.45) is 5.10 Å². The Labute approximate surface area is 224 Å². The molecule has 9 heteroatoms. The minimum Gasteiger partial charge on any atom is -0.507 e. The maximum Gasteiger partial charge on any atom is 0.250 e. The molecule has 8 nitrogen and oxygen atoms in total. The molecule has 5 aromatic rings. The lowest BCUT2D eigenvalue weighted by Crippen LogP contribution is -2.20. The van der Waals surface area contributed by atoms with Crippen LogP contribution in [-0.4, -0.2) is 44.4 Å². The van der Waals surface area contributed by atoms with Gasteiger partial charge < -0.3 is 9.84 Å². The molecule has 0 bridgehead atoms. The monoisotopic (exact) mass is 523 g/mol. The number of phenols is 1. The van der Waals surface area contributed by atoms with Crippen LogP contribution in [0.4, 0.5) is 0 Å². The molecule has 0 saturated heterocycles. The van der Waals surface area contributed by atoms with Gasteiger partial charge in [-0.1, -0.05) is 72.4 Å². The summed E-state index contributed by atoms with van der Waals surface area (Å²) < 4.78 is 7.49. The third kappa shape index (κ3) is 5.52. The number of benzene rings is 4. The maximum atomic E-state index is 12.6. The fraction of sp³-hybridized carbons (Fsp3) is 0.103. The Kier molecular flexibility index (Phi) is 7.65. The Morgan fingerprint density at radius 3 is 2.55 bits per heavy atom. The van der Waals surface area contributed by atoms with E-state index in [4.69, 9.17) is 4.74 Å². The molecule has 38 heavy (non-hydrogen) atoms. The third-order valence-corrected chi connectivity index (χ3v) is 6.66. The standard InChI is InChI=1S/C29H25N5O3S/c1-2-37-23-15-13-22(14-16-23)34-28(21-9-4-3-5-10-21)32-33-29(34)38-19-27(36)31-30-18-25-24-11-7-6-8-20(24)12-17-26(25)35/h3-18,35H,2,19H2,1H3,(H,31,36)/b30-18+. The van der Waals surface area contributed by atoms with Crippen molar-refractivity contribution in [3.63, 3.8) is 0 Å². The number of thioether (sulfide) groups is 1. The van der Waals surface area contributed by atoms with Gasteiger partial charge in [-0.3, -0.25) is 9.36 Å². The topological polar surface area (TPSA) is 102 Å². The van der Waals surface area contributed by atoms with Crippen molar-refractivity contribution in [1.82, 2.24) is 20.2 Å². The number of aromatic nitrogens is 3. The molecule has 2 N–H and O–H groups in total. The highest BCUT2D eigenvalue weighted by Crippen LogP contribution is 2.29. The van der Waals surface area contributed by atoms with Gasteiger partial charge >= 0.3 is 0 Å². The van der Waals surface area contributed by atoms with Crippen LogP contribution >= 0.6 is 11.8 Å². The molecule has 1 heterocycles. The summed E-state index contributed by atoms with van der Waals surface area (Å²) in [5.74, 6) is 1.29. The lowest BCUT2D eigenvalue weighted by atomic mass is 10.0. The van der Waals surface area contributed by atoms with Gasteiger partial charge in [-0.05, 0) is 48.0 Å². The molecule has 0 spiro atoms. The summed E-state index contributed by atoms with van der Waals surface area (Å²) in [6.45, 7) is 2.52. The molecule has 0 atom stereocenters. The van der Waals surface area contributed by atoms with Crippen LogP contribution in [0.5, 0.6) is 11.5 Å². The van der Waals surface area contributed by atoms with Crippen LogP contribution in [0.15, 0.2) is 101 Å². The van der Waals surface area contributed by atoms with Crippen molar-refractivity contribution in [3.8, 4) is 28.6 Å². The highest BCUT2D eigenvalue weighted by molar-refractivity contribution is 7.99. The molecular formula is C29H25N5O3S. The fourth-order valence-corrected chi connectivity index (χ4v) is 4.72. The molecule has 0 aliphatic rings. The second kappa shape index (κ2) is 11.6. The van der Waals surface area contributed by atoms with Crippen LogP contribution in [0.1, 0.15) is 12.5 Å². The smallest absolute Gasteiger partial charge is 0.250 e. The summed E-state index contributed by atoms with van der Waals surface area (Å²) in [5.41, 5.74) is 4.84. The average molecular weight is 524 g/mol. The second-order valence-corrected chi connectivity index (χ2v) is 9.18. The number of hydrazone groups is 1. The molecule has 4 aromatic carbocycles. The number of amides is 1. The van der Waals surface area contributed by atoms with Gasteiger partial charge in [-0.25, -0.2) is 5.43 Å². The van der Waals surface area contributed by atoms with Crippen LogP contribution in [0.2, 0.25) is 0 Å². The molecule has 0 fully saturated rings. The fourth-order valence-electron chi connectivity index (χ4n) is 3.98. The van der Waals surface area contributed by atoms with Crippen LogP contribution in [0.3, 0.4) is 0 Å².